The number of nitriles is 1. The zero-order valence-electron chi connectivity index (χ0n) is 9.55. The molecular weight excluding hydrogens is 312 g/mol. The largest absolute Gasteiger partial charge is 0.291 e. The second kappa shape index (κ2) is 5.42. The first-order chi connectivity index (χ1) is 8.63. The first kappa shape index (κ1) is 12.9. The molecule has 5 heteroatoms. The summed E-state index contributed by atoms with van der Waals surface area (Å²) in [6.45, 7) is 1.83. The van der Waals surface area contributed by atoms with Gasteiger partial charge in [0.25, 0.3) is 0 Å². The van der Waals surface area contributed by atoms with E-state index in [1.54, 1.807) is 11.4 Å². The molecule has 1 unspecified atom stereocenters. The molecule has 2 aromatic rings. The SMILES string of the molecule is Cc1nc(C(=O)C(C#N)c2ccccc2Br)cs1. The average Bonchev–Trinajstić information content (AvgIpc) is 2.79. The Hall–Kier alpha value is -1.51. The number of rotatable bonds is 3. The lowest BCUT2D eigenvalue weighted by Crippen LogP contribution is -2.12. The van der Waals surface area contributed by atoms with E-state index in [-0.39, 0.29) is 5.78 Å². The van der Waals surface area contributed by atoms with E-state index < -0.39 is 5.92 Å². The van der Waals surface area contributed by atoms with E-state index in [0.717, 1.165) is 9.48 Å². The summed E-state index contributed by atoms with van der Waals surface area (Å²) in [7, 11) is 0. The molecule has 3 nitrogen and oxygen atoms in total. The number of hydrogen-bond donors (Lipinski definition) is 0. The smallest absolute Gasteiger partial charge is 0.203 e. The molecular formula is C13H9BrN2OS. The summed E-state index contributed by atoms with van der Waals surface area (Å²) in [5.74, 6) is -1.07. The van der Waals surface area contributed by atoms with Gasteiger partial charge in [0.15, 0.2) is 0 Å². The maximum atomic E-state index is 12.2. The molecule has 0 saturated heterocycles. The average molecular weight is 321 g/mol. The van der Waals surface area contributed by atoms with E-state index in [1.807, 2.05) is 25.1 Å². The van der Waals surface area contributed by atoms with Crippen molar-refractivity contribution in [3.8, 4) is 6.07 Å². The fourth-order valence-electron chi connectivity index (χ4n) is 1.60. The number of benzene rings is 1. The molecule has 0 radical (unpaired) electrons. The van der Waals surface area contributed by atoms with Crippen LogP contribution in [0.2, 0.25) is 0 Å². The second-order valence-corrected chi connectivity index (χ2v) is 5.62. The summed E-state index contributed by atoms with van der Waals surface area (Å²) in [5.41, 5.74) is 1.04. The number of Topliss-reactive ketones (excluding diaryl/α,β-unsaturated/α-hetero) is 1. The molecule has 1 heterocycles. The molecule has 0 bridgehead atoms. The van der Waals surface area contributed by atoms with Crippen LogP contribution in [-0.2, 0) is 0 Å². The van der Waals surface area contributed by atoms with E-state index in [0.29, 0.717) is 11.3 Å². The van der Waals surface area contributed by atoms with Crippen LogP contribution in [0.1, 0.15) is 27.0 Å². The Morgan fingerprint density at radius 2 is 2.22 bits per heavy atom. The van der Waals surface area contributed by atoms with Crippen LogP contribution < -0.4 is 0 Å². The minimum atomic E-state index is -0.818. The van der Waals surface area contributed by atoms with E-state index in [1.165, 1.54) is 11.3 Å². The summed E-state index contributed by atoms with van der Waals surface area (Å²) in [5, 5.41) is 11.7. The Morgan fingerprint density at radius 1 is 1.50 bits per heavy atom. The topological polar surface area (TPSA) is 53.8 Å². The highest BCUT2D eigenvalue weighted by Crippen LogP contribution is 2.27. The van der Waals surface area contributed by atoms with Crippen LogP contribution in [0.15, 0.2) is 34.1 Å². The molecule has 1 atom stereocenters. The molecule has 1 aromatic heterocycles. The highest BCUT2D eigenvalue weighted by Gasteiger charge is 2.25. The highest BCUT2D eigenvalue weighted by atomic mass is 79.9. The Balaban J connectivity index is 2.39. The molecule has 0 fully saturated rings. The van der Waals surface area contributed by atoms with Crippen LogP contribution in [0.4, 0.5) is 0 Å². The van der Waals surface area contributed by atoms with Crippen LogP contribution >= 0.6 is 27.3 Å². The number of aromatic nitrogens is 1. The van der Waals surface area contributed by atoms with Gasteiger partial charge in [-0.15, -0.1) is 11.3 Å². The van der Waals surface area contributed by atoms with Gasteiger partial charge in [-0.3, -0.25) is 4.79 Å². The zero-order valence-corrected chi connectivity index (χ0v) is 12.0. The minimum Gasteiger partial charge on any atom is -0.291 e. The molecule has 1 aromatic carbocycles. The fraction of sp³-hybridized carbons (Fsp3) is 0.154. The summed E-state index contributed by atoms with van der Waals surface area (Å²) in [4.78, 5) is 16.4. The highest BCUT2D eigenvalue weighted by molar-refractivity contribution is 9.10. The number of nitrogens with zero attached hydrogens (tertiary/aromatic N) is 2. The van der Waals surface area contributed by atoms with Crippen molar-refractivity contribution < 1.29 is 4.79 Å². The standard InChI is InChI=1S/C13H9BrN2OS/c1-8-16-12(7-18-8)13(17)10(6-15)9-4-2-3-5-11(9)14/h2-5,7,10H,1H3. The lowest BCUT2D eigenvalue weighted by Gasteiger charge is -2.08. The van der Waals surface area contributed by atoms with Gasteiger partial charge in [-0.2, -0.15) is 5.26 Å². The molecule has 0 spiro atoms. The minimum absolute atomic E-state index is 0.256. The monoisotopic (exact) mass is 320 g/mol. The van der Waals surface area contributed by atoms with Gasteiger partial charge in [0.05, 0.1) is 11.1 Å². The van der Waals surface area contributed by atoms with Gasteiger partial charge < -0.3 is 0 Å². The van der Waals surface area contributed by atoms with Crippen molar-refractivity contribution in [3.05, 3.63) is 50.4 Å². The van der Waals surface area contributed by atoms with Gasteiger partial charge >= 0.3 is 0 Å². The van der Waals surface area contributed by atoms with Gasteiger partial charge in [0, 0.05) is 9.85 Å². The van der Waals surface area contributed by atoms with E-state index in [4.69, 9.17) is 0 Å². The van der Waals surface area contributed by atoms with E-state index >= 15 is 0 Å². The van der Waals surface area contributed by atoms with Crippen LogP contribution in [0.3, 0.4) is 0 Å². The normalized spacial score (nSPS) is 11.8. The number of carbonyl (C=O) groups excluding carboxylic acids is 1. The number of thiazole rings is 1. The predicted octanol–water partition coefficient (Wildman–Crippen LogP) is 3.70. The Morgan fingerprint density at radius 3 is 2.78 bits per heavy atom. The third-order valence-corrected chi connectivity index (χ3v) is 3.97. The van der Waals surface area contributed by atoms with Crippen molar-refractivity contribution in [3.63, 3.8) is 0 Å². The van der Waals surface area contributed by atoms with Crippen molar-refractivity contribution in [1.82, 2.24) is 4.98 Å². The van der Waals surface area contributed by atoms with Crippen LogP contribution in [-0.4, -0.2) is 10.8 Å². The molecule has 0 amide bonds. The van der Waals surface area contributed by atoms with Gasteiger partial charge in [0.2, 0.25) is 5.78 Å². The Labute approximate surface area is 117 Å². The Bertz CT molecular complexity index is 630. The van der Waals surface area contributed by atoms with Gasteiger partial charge in [-0.25, -0.2) is 4.98 Å². The fourth-order valence-corrected chi connectivity index (χ4v) is 2.72. The summed E-state index contributed by atoms with van der Waals surface area (Å²) in [6.07, 6.45) is 0. The summed E-state index contributed by atoms with van der Waals surface area (Å²) < 4.78 is 0.761. The molecule has 0 N–H and O–H groups in total. The van der Waals surface area contributed by atoms with E-state index in [9.17, 15) is 10.1 Å². The number of aryl methyl sites for hydroxylation is 1. The summed E-state index contributed by atoms with van der Waals surface area (Å²) in [6, 6.07) is 9.30. The number of ketones is 1. The quantitative estimate of drug-likeness (QED) is 0.810. The van der Waals surface area contributed by atoms with Gasteiger partial charge in [0.1, 0.15) is 11.6 Å². The number of hydrogen-bond acceptors (Lipinski definition) is 4. The van der Waals surface area contributed by atoms with Crippen molar-refractivity contribution >= 4 is 33.0 Å². The van der Waals surface area contributed by atoms with Crippen LogP contribution in [0, 0.1) is 18.3 Å². The van der Waals surface area contributed by atoms with Crippen LogP contribution in [0.25, 0.3) is 0 Å². The molecule has 2 rings (SSSR count). The van der Waals surface area contributed by atoms with Crippen molar-refractivity contribution in [2.45, 2.75) is 12.8 Å². The molecule has 18 heavy (non-hydrogen) atoms. The Kier molecular flexibility index (Phi) is 3.90. The maximum Gasteiger partial charge on any atom is 0.203 e. The first-order valence-electron chi connectivity index (χ1n) is 5.24. The predicted molar refractivity (Wildman–Crippen MR) is 73.7 cm³/mol. The van der Waals surface area contributed by atoms with Crippen molar-refractivity contribution in [2.24, 2.45) is 0 Å². The van der Waals surface area contributed by atoms with Gasteiger partial charge in [-0.1, -0.05) is 34.1 Å². The first-order valence-corrected chi connectivity index (χ1v) is 6.91. The lowest BCUT2D eigenvalue weighted by molar-refractivity contribution is 0.0974. The molecule has 0 aliphatic heterocycles. The van der Waals surface area contributed by atoms with Crippen molar-refractivity contribution in [2.75, 3.05) is 0 Å². The van der Waals surface area contributed by atoms with Crippen molar-refractivity contribution in [1.29, 1.82) is 5.26 Å². The third kappa shape index (κ3) is 2.50. The number of halogens is 1. The zero-order chi connectivity index (χ0) is 13.1. The lowest BCUT2D eigenvalue weighted by atomic mass is 9.95. The van der Waals surface area contributed by atoms with Gasteiger partial charge in [-0.05, 0) is 18.6 Å². The molecule has 0 aliphatic rings. The third-order valence-electron chi connectivity index (χ3n) is 2.48. The molecule has 0 saturated carbocycles. The molecule has 0 aliphatic carbocycles. The van der Waals surface area contributed by atoms with E-state index in [2.05, 4.69) is 27.0 Å². The molecule has 90 valence electrons. The van der Waals surface area contributed by atoms with Crippen LogP contribution in [0.5, 0.6) is 0 Å². The second-order valence-electron chi connectivity index (χ2n) is 3.70. The number of carbonyl (C=O) groups is 1. The summed E-state index contributed by atoms with van der Waals surface area (Å²) >= 11 is 4.77. The maximum absolute atomic E-state index is 12.2.